The van der Waals surface area contributed by atoms with Crippen molar-refractivity contribution in [2.24, 2.45) is 0 Å². The van der Waals surface area contributed by atoms with Gasteiger partial charge in [0.25, 0.3) is 0 Å². The van der Waals surface area contributed by atoms with Crippen LogP contribution in [0, 0.1) is 13.8 Å². The smallest absolute Gasteiger partial charge is 0.317 e. The maximum atomic E-state index is 12.6. The molecular weight excluding hydrogens is 559 g/mol. The number of carbonyl (C=O) groups excluding carboxylic acids is 2. The van der Waals surface area contributed by atoms with E-state index >= 15 is 0 Å². The second-order valence-corrected chi connectivity index (χ2v) is 12.2. The fourth-order valence-electron chi connectivity index (χ4n) is 5.70. The van der Waals surface area contributed by atoms with Crippen LogP contribution in [0.25, 0.3) is 0 Å². The Kier molecular flexibility index (Phi) is 12.0. The second-order valence-electron chi connectivity index (χ2n) is 11.3. The van der Waals surface area contributed by atoms with Crippen molar-refractivity contribution in [3.05, 3.63) is 63.1 Å². The molecule has 5 rings (SSSR count). The number of urea groups is 1. The van der Waals surface area contributed by atoms with Crippen molar-refractivity contribution in [1.82, 2.24) is 20.0 Å². The highest BCUT2D eigenvalue weighted by molar-refractivity contribution is 6.31. The molecule has 224 valence electrons. The zero-order valence-electron chi connectivity index (χ0n) is 24.5. The van der Waals surface area contributed by atoms with Gasteiger partial charge in [-0.25, -0.2) is 4.79 Å². The molecule has 3 amide bonds. The predicted molar refractivity (Wildman–Crippen MR) is 166 cm³/mol. The van der Waals surface area contributed by atoms with Gasteiger partial charge in [-0.1, -0.05) is 35.3 Å². The molecule has 0 aliphatic carbocycles. The number of hydrogen-bond acceptors (Lipinski definition) is 4. The summed E-state index contributed by atoms with van der Waals surface area (Å²) in [6.07, 6.45) is 6.42. The lowest BCUT2D eigenvalue weighted by Crippen LogP contribution is -2.46. The number of nitrogens with one attached hydrogen (secondary N) is 1. The summed E-state index contributed by atoms with van der Waals surface area (Å²) in [5, 5.41) is 4.29. The zero-order valence-corrected chi connectivity index (χ0v) is 26.0. The average molecular weight is 604 g/mol. The Morgan fingerprint density at radius 1 is 0.829 bits per heavy atom. The number of likely N-dealkylation sites (tertiary alicyclic amines) is 3. The van der Waals surface area contributed by atoms with Gasteiger partial charge in [0, 0.05) is 42.8 Å². The number of nitrogens with zero attached hydrogens (tertiary/aromatic N) is 3. The Morgan fingerprint density at radius 3 is 2.12 bits per heavy atom. The Bertz CT molecular complexity index is 1160. The van der Waals surface area contributed by atoms with Gasteiger partial charge in [-0.05, 0) is 112 Å². The summed E-state index contributed by atoms with van der Waals surface area (Å²) >= 11 is 12.0. The van der Waals surface area contributed by atoms with Gasteiger partial charge in [0.15, 0.2) is 0 Å². The minimum atomic E-state index is -0.123. The fraction of sp³-hybridized carbons (Fsp3) is 0.562. The normalized spacial score (nSPS) is 17.8. The van der Waals surface area contributed by atoms with E-state index < -0.39 is 0 Å². The minimum absolute atomic E-state index is 0.00538. The monoisotopic (exact) mass is 602 g/mol. The van der Waals surface area contributed by atoms with Crippen LogP contribution in [0.1, 0.15) is 61.1 Å². The molecule has 9 heteroatoms. The number of halogens is 2. The molecule has 0 radical (unpaired) electrons. The third-order valence-corrected chi connectivity index (χ3v) is 8.85. The molecule has 3 fully saturated rings. The Balaban J connectivity index is 0.000000367. The molecule has 1 N–H and O–H groups in total. The van der Waals surface area contributed by atoms with E-state index in [0.29, 0.717) is 30.6 Å². The van der Waals surface area contributed by atoms with Crippen LogP contribution in [-0.4, -0.2) is 85.6 Å². The van der Waals surface area contributed by atoms with Crippen molar-refractivity contribution in [3.8, 4) is 5.75 Å². The Morgan fingerprint density at radius 2 is 1.46 bits per heavy atom. The van der Waals surface area contributed by atoms with E-state index in [2.05, 4.69) is 30.1 Å². The summed E-state index contributed by atoms with van der Waals surface area (Å²) in [6.45, 7) is 11.1. The molecule has 0 aromatic heterocycles. The summed E-state index contributed by atoms with van der Waals surface area (Å²) in [5.74, 6) is 1.21. The largest absolute Gasteiger partial charge is 0.492 e. The number of aryl methyl sites for hydroxylation is 2. The van der Waals surface area contributed by atoms with Crippen molar-refractivity contribution in [1.29, 1.82) is 0 Å². The van der Waals surface area contributed by atoms with E-state index in [-0.39, 0.29) is 18.5 Å². The van der Waals surface area contributed by atoms with Gasteiger partial charge in [0.1, 0.15) is 12.4 Å². The number of amides is 3. The molecule has 41 heavy (non-hydrogen) atoms. The molecule has 0 bridgehead atoms. The van der Waals surface area contributed by atoms with Crippen LogP contribution in [0.15, 0.2) is 36.4 Å². The van der Waals surface area contributed by atoms with Crippen LogP contribution in [-0.2, 0) is 4.79 Å². The molecule has 0 unspecified atom stereocenters. The number of hydrogen-bond donors (Lipinski definition) is 1. The van der Waals surface area contributed by atoms with Gasteiger partial charge >= 0.3 is 6.03 Å². The highest BCUT2D eigenvalue weighted by Gasteiger charge is 2.27. The second kappa shape index (κ2) is 15.7. The number of carbonyl (C=O) groups is 2. The predicted octanol–water partition coefficient (Wildman–Crippen LogP) is 6.28. The topological polar surface area (TPSA) is 65.1 Å². The number of benzene rings is 2. The van der Waals surface area contributed by atoms with E-state index in [1.807, 2.05) is 35.2 Å². The lowest BCUT2D eigenvalue weighted by molar-refractivity contribution is -0.131. The van der Waals surface area contributed by atoms with Crippen LogP contribution >= 0.6 is 23.2 Å². The first-order chi connectivity index (χ1) is 19.8. The summed E-state index contributed by atoms with van der Waals surface area (Å²) in [5.41, 5.74) is 3.73. The van der Waals surface area contributed by atoms with Crippen LogP contribution < -0.4 is 10.1 Å². The van der Waals surface area contributed by atoms with Crippen LogP contribution in [0.2, 0.25) is 10.0 Å². The minimum Gasteiger partial charge on any atom is -0.492 e. The summed E-state index contributed by atoms with van der Waals surface area (Å²) in [7, 11) is 0. The summed E-state index contributed by atoms with van der Waals surface area (Å²) < 4.78 is 6.16. The number of ether oxygens (including phenoxy) is 1. The molecule has 0 atom stereocenters. The molecule has 7 nitrogen and oxygen atoms in total. The third-order valence-electron chi connectivity index (χ3n) is 8.38. The van der Waals surface area contributed by atoms with Crippen molar-refractivity contribution >= 4 is 35.1 Å². The Hall–Kier alpha value is -2.48. The van der Waals surface area contributed by atoms with Crippen LogP contribution in [0.4, 0.5) is 4.79 Å². The maximum absolute atomic E-state index is 12.6. The first-order valence-electron chi connectivity index (χ1n) is 15.0. The highest BCUT2D eigenvalue weighted by Crippen LogP contribution is 2.36. The zero-order chi connectivity index (χ0) is 29.2. The molecule has 2 aromatic rings. The van der Waals surface area contributed by atoms with Crippen LogP contribution in [0.5, 0.6) is 5.75 Å². The van der Waals surface area contributed by atoms with Crippen molar-refractivity contribution < 1.29 is 14.3 Å². The fourth-order valence-corrected chi connectivity index (χ4v) is 6.09. The Labute approximate surface area is 255 Å². The third kappa shape index (κ3) is 9.52. The molecule has 3 aliphatic heterocycles. The molecule has 3 saturated heterocycles. The molecular formula is C32H44Cl2N4O3. The van der Waals surface area contributed by atoms with Crippen molar-refractivity contribution in [3.63, 3.8) is 0 Å². The maximum Gasteiger partial charge on any atom is 0.317 e. The van der Waals surface area contributed by atoms with Gasteiger partial charge in [-0.2, -0.15) is 0 Å². The van der Waals surface area contributed by atoms with Gasteiger partial charge in [0.05, 0.1) is 6.54 Å². The molecule has 3 aliphatic rings. The van der Waals surface area contributed by atoms with Crippen LogP contribution in [0.3, 0.4) is 0 Å². The molecule has 2 aromatic carbocycles. The van der Waals surface area contributed by atoms with E-state index in [4.69, 9.17) is 27.9 Å². The first-order valence-corrected chi connectivity index (χ1v) is 15.7. The van der Waals surface area contributed by atoms with Gasteiger partial charge in [-0.3, -0.25) is 9.69 Å². The quantitative estimate of drug-likeness (QED) is 0.405. The number of piperidine rings is 1. The lowest BCUT2D eigenvalue weighted by atomic mass is 9.88. The summed E-state index contributed by atoms with van der Waals surface area (Å²) in [6, 6.07) is 11.7. The lowest BCUT2D eigenvalue weighted by Gasteiger charge is -2.33. The standard InChI is InChI=1S/C24H35ClN4O3.C8H9Cl/c25-20-5-6-21(22(17-20)32-16-15-27-9-1-2-10-27)19-7-13-28(14-8-19)23(30)18-26-24(31)29-11-3-4-12-29;1-6-3-4-8(9)5-7(6)2/h5-6,17,19H,1-4,7-16,18H2,(H,26,31);3-5H,1-2H3. The number of rotatable bonds is 7. The van der Waals surface area contributed by atoms with E-state index in [1.54, 1.807) is 4.90 Å². The van der Waals surface area contributed by atoms with E-state index in [9.17, 15) is 9.59 Å². The van der Waals surface area contributed by atoms with Gasteiger partial charge in [0.2, 0.25) is 5.91 Å². The van der Waals surface area contributed by atoms with Gasteiger partial charge in [-0.15, -0.1) is 0 Å². The SMILES string of the molecule is Cc1ccc(Cl)cc1C.O=C(CNC(=O)N1CCCC1)N1CCC(c2ccc(Cl)cc2OCCN2CCCC2)CC1. The molecule has 3 heterocycles. The highest BCUT2D eigenvalue weighted by atomic mass is 35.5. The average Bonchev–Trinajstić information content (AvgIpc) is 3.70. The van der Waals surface area contributed by atoms with Gasteiger partial charge < -0.3 is 19.9 Å². The molecule has 0 saturated carbocycles. The van der Waals surface area contributed by atoms with Crippen molar-refractivity contribution in [2.45, 2.75) is 58.3 Å². The first kappa shape index (κ1) is 31.5. The van der Waals surface area contributed by atoms with Crippen molar-refractivity contribution in [2.75, 3.05) is 59.0 Å². The van der Waals surface area contributed by atoms with E-state index in [0.717, 1.165) is 69.2 Å². The van der Waals surface area contributed by atoms with E-state index in [1.165, 1.54) is 29.5 Å². The molecule has 0 spiro atoms. The summed E-state index contributed by atoms with van der Waals surface area (Å²) in [4.78, 5) is 30.8.